The van der Waals surface area contributed by atoms with Crippen LogP contribution in [0.5, 0.6) is 5.75 Å². The number of piperazine rings is 1. The Kier molecular flexibility index (Phi) is 7.61. The molecule has 1 N–H and O–H groups in total. The van der Waals surface area contributed by atoms with Crippen molar-refractivity contribution in [3.8, 4) is 5.75 Å². The van der Waals surface area contributed by atoms with Gasteiger partial charge in [0, 0.05) is 37.4 Å². The minimum absolute atomic E-state index is 0. The van der Waals surface area contributed by atoms with Crippen molar-refractivity contribution in [3.63, 3.8) is 0 Å². The largest absolute Gasteiger partial charge is 0.496 e. The highest BCUT2D eigenvalue weighted by atomic mass is 35.5. The fourth-order valence-electron chi connectivity index (χ4n) is 3.48. The van der Waals surface area contributed by atoms with Crippen LogP contribution >= 0.6 is 24.2 Å². The maximum Gasteiger partial charge on any atom is 0.246 e. The number of ether oxygens (including phenoxy) is 1. The molecule has 0 aromatic heterocycles. The third kappa shape index (κ3) is 4.10. The zero-order valence-electron chi connectivity index (χ0n) is 15.1. The number of carbonyl (C=O) groups is 2. The van der Waals surface area contributed by atoms with Crippen LogP contribution in [0.3, 0.4) is 0 Å². The third-order valence-corrected chi connectivity index (χ3v) is 5.83. The number of thioether (sulfide) groups is 1. The Morgan fingerprint density at radius 1 is 1.31 bits per heavy atom. The van der Waals surface area contributed by atoms with Crippen molar-refractivity contribution in [2.24, 2.45) is 0 Å². The van der Waals surface area contributed by atoms with Crippen molar-refractivity contribution < 1.29 is 14.3 Å². The summed E-state index contributed by atoms with van der Waals surface area (Å²) in [6.07, 6.45) is 0.432. The average molecular weight is 400 g/mol. The number of hydrogen-bond donors (Lipinski definition) is 1. The zero-order chi connectivity index (χ0) is 17.8. The number of benzene rings is 1. The monoisotopic (exact) mass is 399 g/mol. The lowest BCUT2D eigenvalue weighted by atomic mass is 10.0. The number of amides is 2. The van der Waals surface area contributed by atoms with Crippen LogP contribution in [-0.4, -0.2) is 66.0 Å². The van der Waals surface area contributed by atoms with E-state index in [1.807, 2.05) is 36.1 Å². The topological polar surface area (TPSA) is 61.9 Å². The van der Waals surface area contributed by atoms with Crippen LogP contribution in [-0.2, 0) is 9.59 Å². The van der Waals surface area contributed by atoms with Crippen LogP contribution < -0.4 is 10.1 Å². The molecule has 2 saturated heterocycles. The molecule has 2 unspecified atom stereocenters. The Bertz CT molecular complexity index is 646. The molecule has 144 valence electrons. The van der Waals surface area contributed by atoms with Gasteiger partial charge in [0.1, 0.15) is 11.8 Å². The van der Waals surface area contributed by atoms with Crippen molar-refractivity contribution in [2.75, 3.05) is 38.4 Å². The predicted molar refractivity (Wildman–Crippen MR) is 106 cm³/mol. The molecule has 8 heteroatoms. The molecule has 0 radical (unpaired) electrons. The highest BCUT2D eigenvalue weighted by Crippen LogP contribution is 2.32. The van der Waals surface area contributed by atoms with Crippen molar-refractivity contribution in [3.05, 3.63) is 29.8 Å². The minimum Gasteiger partial charge on any atom is -0.496 e. The molecule has 1 aromatic carbocycles. The van der Waals surface area contributed by atoms with Gasteiger partial charge in [0.2, 0.25) is 11.8 Å². The molecule has 0 spiro atoms. The van der Waals surface area contributed by atoms with Gasteiger partial charge in [-0.05, 0) is 6.07 Å². The smallest absolute Gasteiger partial charge is 0.246 e. The Morgan fingerprint density at radius 3 is 2.81 bits per heavy atom. The summed E-state index contributed by atoms with van der Waals surface area (Å²) in [6, 6.07) is 7.39. The third-order valence-electron chi connectivity index (χ3n) is 4.81. The van der Waals surface area contributed by atoms with Gasteiger partial charge >= 0.3 is 0 Å². The standard InChI is InChI=1S/C18H25N3O3S.ClH/c1-3-17(22)21-12-25-11-15(21)18(23)20-9-8-19-10-14(20)13-6-4-5-7-16(13)24-2;/h4-7,14-15,19H,3,8-12H2,1-2H3;1H. The maximum absolute atomic E-state index is 13.3. The van der Waals surface area contributed by atoms with Gasteiger partial charge in [0.05, 0.1) is 19.0 Å². The number of halogens is 1. The highest BCUT2D eigenvalue weighted by molar-refractivity contribution is 7.99. The number of nitrogens with zero attached hydrogens (tertiary/aromatic N) is 2. The van der Waals surface area contributed by atoms with Gasteiger partial charge in [-0.25, -0.2) is 0 Å². The minimum atomic E-state index is -0.354. The first-order chi connectivity index (χ1) is 12.2. The van der Waals surface area contributed by atoms with Crippen LogP contribution in [0.2, 0.25) is 0 Å². The number of hydrogen-bond acceptors (Lipinski definition) is 5. The summed E-state index contributed by atoms with van der Waals surface area (Å²) in [4.78, 5) is 29.1. The quantitative estimate of drug-likeness (QED) is 0.837. The fourth-order valence-corrected chi connectivity index (χ4v) is 4.65. The van der Waals surface area contributed by atoms with Gasteiger partial charge in [0.25, 0.3) is 0 Å². The molecule has 1 aromatic rings. The van der Waals surface area contributed by atoms with E-state index in [4.69, 9.17) is 4.74 Å². The molecule has 2 aliphatic heterocycles. The van der Waals surface area contributed by atoms with Crippen LogP contribution in [0.4, 0.5) is 0 Å². The Hall–Kier alpha value is -1.44. The second-order valence-corrected chi connectivity index (χ2v) is 7.23. The molecule has 2 atom stereocenters. The van der Waals surface area contributed by atoms with E-state index in [9.17, 15) is 9.59 Å². The Balaban J connectivity index is 0.00000243. The molecule has 0 saturated carbocycles. The first-order valence-electron chi connectivity index (χ1n) is 8.68. The van der Waals surface area contributed by atoms with Crippen molar-refractivity contribution >= 4 is 36.0 Å². The van der Waals surface area contributed by atoms with Gasteiger partial charge in [-0.15, -0.1) is 24.2 Å². The lowest BCUT2D eigenvalue weighted by Gasteiger charge is -2.39. The second-order valence-electron chi connectivity index (χ2n) is 6.23. The van der Waals surface area contributed by atoms with Gasteiger partial charge < -0.3 is 19.9 Å². The molecule has 2 heterocycles. The summed E-state index contributed by atoms with van der Waals surface area (Å²) >= 11 is 1.65. The molecule has 0 bridgehead atoms. The molecule has 26 heavy (non-hydrogen) atoms. The van der Waals surface area contributed by atoms with E-state index in [0.29, 0.717) is 31.1 Å². The maximum atomic E-state index is 13.3. The van der Waals surface area contributed by atoms with Crippen LogP contribution in [0.1, 0.15) is 24.9 Å². The molecular formula is C18H26ClN3O3S. The van der Waals surface area contributed by atoms with Gasteiger partial charge in [-0.3, -0.25) is 9.59 Å². The molecule has 0 aliphatic carbocycles. The zero-order valence-corrected chi connectivity index (χ0v) is 16.8. The summed E-state index contributed by atoms with van der Waals surface area (Å²) in [5, 5.41) is 3.37. The van der Waals surface area contributed by atoms with Crippen LogP contribution in [0, 0.1) is 0 Å². The number of carbonyl (C=O) groups excluding carboxylic acids is 2. The first kappa shape index (κ1) is 20.9. The van der Waals surface area contributed by atoms with E-state index in [1.165, 1.54) is 0 Å². The normalized spacial score (nSPS) is 22.7. The van der Waals surface area contributed by atoms with Crippen molar-refractivity contribution in [2.45, 2.75) is 25.4 Å². The summed E-state index contributed by atoms with van der Waals surface area (Å²) < 4.78 is 5.49. The molecular weight excluding hydrogens is 374 g/mol. The van der Waals surface area contributed by atoms with E-state index < -0.39 is 0 Å². The van der Waals surface area contributed by atoms with E-state index in [1.54, 1.807) is 23.8 Å². The van der Waals surface area contributed by atoms with Gasteiger partial charge in [0.15, 0.2) is 0 Å². The second kappa shape index (κ2) is 9.48. The average Bonchev–Trinajstić information content (AvgIpc) is 3.16. The Morgan fingerprint density at radius 2 is 2.08 bits per heavy atom. The number of nitrogens with one attached hydrogen (secondary N) is 1. The van der Waals surface area contributed by atoms with Crippen molar-refractivity contribution in [1.82, 2.24) is 15.1 Å². The molecule has 2 fully saturated rings. The van der Waals surface area contributed by atoms with Crippen LogP contribution in [0.25, 0.3) is 0 Å². The molecule has 2 amide bonds. The SMILES string of the molecule is CCC(=O)N1CSCC1C(=O)N1CCNCC1c1ccccc1OC.Cl. The summed E-state index contributed by atoms with van der Waals surface area (Å²) in [5.41, 5.74) is 1.00. The molecule has 6 nitrogen and oxygen atoms in total. The summed E-state index contributed by atoms with van der Waals surface area (Å²) in [7, 11) is 1.65. The van der Waals surface area contributed by atoms with E-state index in [-0.39, 0.29) is 36.3 Å². The predicted octanol–water partition coefficient (Wildman–Crippen LogP) is 1.90. The number of para-hydroxylation sites is 1. The van der Waals surface area contributed by atoms with Gasteiger partial charge in [-0.2, -0.15) is 0 Å². The number of methoxy groups -OCH3 is 1. The Labute approximate surface area is 165 Å². The van der Waals surface area contributed by atoms with Crippen molar-refractivity contribution in [1.29, 1.82) is 0 Å². The lowest BCUT2D eigenvalue weighted by Crippen LogP contribution is -2.55. The van der Waals surface area contributed by atoms with E-state index >= 15 is 0 Å². The highest BCUT2D eigenvalue weighted by Gasteiger charge is 2.40. The molecule has 3 rings (SSSR count). The van der Waals surface area contributed by atoms with E-state index in [0.717, 1.165) is 17.9 Å². The number of rotatable bonds is 4. The fraction of sp³-hybridized carbons (Fsp3) is 0.556. The van der Waals surface area contributed by atoms with Crippen LogP contribution in [0.15, 0.2) is 24.3 Å². The van der Waals surface area contributed by atoms with E-state index in [2.05, 4.69) is 5.32 Å². The lowest BCUT2D eigenvalue weighted by molar-refractivity contribution is -0.145. The van der Waals surface area contributed by atoms with Gasteiger partial charge in [-0.1, -0.05) is 25.1 Å². The summed E-state index contributed by atoms with van der Waals surface area (Å²) in [6.45, 7) is 3.93. The molecule has 2 aliphatic rings. The first-order valence-corrected chi connectivity index (χ1v) is 9.84. The summed E-state index contributed by atoms with van der Waals surface area (Å²) in [5.74, 6) is 2.16.